The summed E-state index contributed by atoms with van der Waals surface area (Å²) in [6.45, 7) is -1.18. The fraction of sp³-hybridized carbons (Fsp3) is 0.263. The number of carbonyl (C=O) groups excluding carboxylic acids is 2. The van der Waals surface area contributed by atoms with E-state index in [1.54, 1.807) is 0 Å². The molecule has 0 aliphatic heterocycles. The maximum Gasteiger partial charge on any atom is 0.321 e. The molecule has 0 spiro atoms. The first-order valence-corrected chi connectivity index (χ1v) is 9.75. The van der Waals surface area contributed by atoms with Crippen LogP contribution in [-0.4, -0.2) is 58.9 Å². The van der Waals surface area contributed by atoms with Gasteiger partial charge in [-0.2, -0.15) is 4.31 Å². The van der Waals surface area contributed by atoms with E-state index in [1.807, 2.05) is 0 Å². The molecule has 0 aliphatic rings. The molecule has 0 unspecified atom stereocenters. The lowest BCUT2D eigenvalue weighted by Gasteiger charge is -2.16. The van der Waals surface area contributed by atoms with Gasteiger partial charge in [-0.15, -0.1) is 0 Å². The van der Waals surface area contributed by atoms with Crippen LogP contribution in [0.15, 0.2) is 47.4 Å². The number of esters is 1. The van der Waals surface area contributed by atoms with Gasteiger partial charge in [-0.1, -0.05) is 0 Å². The van der Waals surface area contributed by atoms with Gasteiger partial charge in [0.05, 0.1) is 19.1 Å². The van der Waals surface area contributed by atoms with E-state index in [4.69, 9.17) is 14.2 Å². The number of methoxy groups -OCH3 is 2. The summed E-state index contributed by atoms with van der Waals surface area (Å²) in [5, 5.41) is 0. The van der Waals surface area contributed by atoms with E-state index in [9.17, 15) is 22.4 Å². The van der Waals surface area contributed by atoms with Crippen molar-refractivity contribution in [2.75, 3.05) is 34.4 Å². The minimum atomic E-state index is -4.01. The van der Waals surface area contributed by atoms with E-state index in [0.717, 1.165) is 28.6 Å². The first kappa shape index (κ1) is 22.3. The molecule has 0 fully saturated rings. The Kier molecular flexibility index (Phi) is 7.29. The zero-order valence-corrected chi connectivity index (χ0v) is 16.9. The molecule has 2 aromatic carbocycles. The largest absolute Gasteiger partial charge is 0.493 e. The quantitative estimate of drug-likeness (QED) is 0.447. The Morgan fingerprint density at radius 3 is 2.21 bits per heavy atom. The van der Waals surface area contributed by atoms with Crippen LogP contribution in [0.1, 0.15) is 10.4 Å². The average molecular weight is 425 g/mol. The van der Waals surface area contributed by atoms with Crippen LogP contribution in [0.4, 0.5) is 4.39 Å². The van der Waals surface area contributed by atoms with Crippen molar-refractivity contribution in [1.29, 1.82) is 0 Å². The van der Waals surface area contributed by atoms with E-state index in [2.05, 4.69) is 0 Å². The lowest BCUT2D eigenvalue weighted by atomic mass is 10.1. The number of likely N-dealkylation sites (N-methyl/N-ethyl adjacent to an activating group) is 1. The summed E-state index contributed by atoms with van der Waals surface area (Å²) in [6.07, 6.45) is 0. The van der Waals surface area contributed by atoms with Gasteiger partial charge >= 0.3 is 5.97 Å². The third-order valence-corrected chi connectivity index (χ3v) is 5.76. The SMILES string of the molecule is COc1ccc(C(=O)COC(=O)CN(C)S(=O)(=O)c2ccc(F)cc2)cc1OC. The number of ether oxygens (including phenoxy) is 3. The van der Waals surface area contributed by atoms with Crippen molar-refractivity contribution in [2.45, 2.75) is 4.90 Å². The third kappa shape index (κ3) is 5.52. The highest BCUT2D eigenvalue weighted by Gasteiger charge is 2.24. The molecule has 0 saturated carbocycles. The second-order valence-electron chi connectivity index (χ2n) is 5.87. The zero-order valence-electron chi connectivity index (χ0n) is 16.0. The van der Waals surface area contributed by atoms with E-state index < -0.39 is 40.7 Å². The molecule has 0 amide bonds. The number of hydrogen-bond donors (Lipinski definition) is 0. The molecule has 29 heavy (non-hydrogen) atoms. The smallest absolute Gasteiger partial charge is 0.321 e. The summed E-state index contributed by atoms with van der Waals surface area (Å²) in [6, 6.07) is 8.65. The van der Waals surface area contributed by atoms with Gasteiger partial charge < -0.3 is 14.2 Å². The summed E-state index contributed by atoms with van der Waals surface area (Å²) < 4.78 is 53.5. The predicted molar refractivity (Wildman–Crippen MR) is 101 cm³/mol. The third-order valence-electron chi connectivity index (χ3n) is 3.94. The van der Waals surface area contributed by atoms with Crippen LogP contribution in [-0.2, 0) is 19.6 Å². The molecular formula is C19H20FNO7S. The zero-order chi connectivity index (χ0) is 21.6. The minimum absolute atomic E-state index is 0.171. The number of nitrogens with zero attached hydrogens (tertiary/aromatic N) is 1. The van der Waals surface area contributed by atoms with E-state index in [0.29, 0.717) is 11.5 Å². The molecule has 10 heteroatoms. The first-order chi connectivity index (χ1) is 13.7. The predicted octanol–water partition coefficient (Wildman–Crippen LogP) is 1.89. The van der Waals surface area contributed by atoms with Crippen molar-refractivity contribution in [3.05, 3.63) is 53.8 Å². The van der Waals surface area contributed by atoms with Gasteiger partial charge in [0.2, 0.25) is 10.0 Å². The van der Waals surface area contributed by atoms with Crippen molar-refractivity contribution >= 4 is 21.8 Å². The van der Waals surface area contributed by atoms with Crippen LogP contribution >= 0.6 is 0 Å². The van der Waals surface area contributed by atoms with E-state index >= 15 is 0 Å². The van der Waals surface area contributed by atoms with Crippen molar-refractivity contribution in [3.63, 3.8) is 0 Å². The van der Waals surface area contributed by atoms with Crippen LogP contribution in [0, 0.1) is 5.82 Å². The molecule has 156 valence electrons. The molecule has 0 aromatic heterocycles. The maximum absolute atomic E-state index is 13.0. The first-order valence-electron chi connectivity index (χ1n) is 8.31. The molecule has 2 aromatic rings. The Morgan fingerprint density at radius 2 is 1.62 bits per heavy atom. The van der Waals surface area contributed by atoms with Crippen molar-refractivity contribution in [1.82, 2.24) is 4.31 Å². The molecule has 0 N–H and O–H groups in total. The van der Waals surface area contributed by atoms with Crippen molar-refractivity contribution < 1.29 is 36.6 Å². The second kappa shape index (κ2) is 9.48. The fourth-order valence-electron chi connectivity index (χ4n) is 2.34. The number of sulfonamides is 1. The number of hydrogen-bond acceptors (Lipinski definition) is 7. The molecule has 0 saturated heterocycles. The summed E-state index contributed by atoms with van der Waals surface area (Å²) in [5.41, 5.74) is 0.239. The number of benzene rings is 2. The number of carbonyl (C=O) groups is 2. The standard InChI is InChI=1S/C19H20FNO7S/c1-21(29(24,25)15-7-5-14(20)6-8-15)11-19(23)28-12-16(22)13-4-9-17(26-2)18(10-13)27-3/h4-10H,11-12H2,1-3H3. The molecule has 0 heterocycles. The maximum atomic E-state index is 13.0. The lowest BCUT2D eigenvalue weighted by molar-refractivity contribution is -0.142. The summed E-state index contributed by atoms with van der Waals surface area (Å²) >= 11 is 0. The normalized spacial score (nSPS) is 11.2. The number of rotatable bonds is 9. The van der Waals surface area contributed by atoms with Crippen LogP contribution in [0.5, 0.6) is 11.5 Å². The molecule has 8 nitrogen and oxygen atoms in total. The van der Waals surface area contributed by atoms with Crippen molar-refractivity contribution in [2.24, 2.45) is 0 Å². The van der Waals surface area contributed by atoms with Gasteiger partial charge in [0.25, 0.3) is 0 Å². The van der Waals surface area contributed by atoms with Crippen LogP contribution in [0.25, 0.3) is 0 Å². The molecule has 0 bridgehead atoms. The molecule has 2 rings (SSSR count). The molecule has 0 atom stereocenters. The van der Waals surface area contributed by atoms with Crippen molar-refractivity contribution in [3.8, 4) is 11.5 Å². The molecular weight excluding hydrogens is 405 g/mol. The highest BCUT2D eigenvalue weighted by atomic mass is 32.2. The Morgan fingerprint density at radius 1 is 1.00 bits per heavy atom. The van der Waals surface area contributed by atoms with Gasteiger partial charge in [-0.25, -0.2) is 12.8 Å². The highest BCUT2D eigenvalue weighted by molar-refractivity contribution is 7.89. The van der Waals surface area contributed by atoms with Gasteiger partial charge in [0.15, 0.2) is 23.9 Å². The molecule has 0 aliphatic carbocycles. The van der Waals surface area contributed by atoms with E-state index in [-0.39, 0.29) is 10.5 Å². The topological polar surface area (TPSA) is 99.2 Å². The van der Waals surface area contributed by atoms with Crippen LogP contribution in [0.2, 0.25) is 0 Å². The summed E-state index contributed by atoms with van der Waals surface area (Å²) in [7, 11) is 0.0451. The lowest BCUT2D eigenvalue weighted by Crippen LogP contribution is -2.33. The second-order valence-corrected chi connectivity index (χ2v) is 7.91. The van der Waals surface area contributed by atoms with Crippen LogP contribution < -0.4 is 9.47 Å². The fourth-order valence-corrected chi connectivity index (χ4v) is 3.45. The highest BCUT2D eigenvalue weighted by Crippen LogP contribution is 2.27. The van der Waals surface area contributed by atoms with Gasteiger partial charge in [0, 0.05) is 12.6 Å². The number of Topliss-reactive ketones (excluding diaryl/α,β-unsaturated/α-hetero) is 1. The van der Waals surface area contributed by atoms with Gasteiger partial charge in [0.1, 0.15) is 12.4 Å². The Bertz CT molecular complexity index is 990. The summed E-state index contributed by atoms with van der Waals surface area (Å²) in [4.78, 5) is 24.0. The van der Waals surface area contributed by atoms with E-state index in [1.165, 1.54) is 39.5 Å². The Hall–Kier alpha value is -2.98. The van der Waals surface area contributed by atoms with Gasteiger partial charge in [-0.05, 0) is 42.5 Å². The summed E-state index contributed by atoms with van der Waals surface area (Å²) in [5.74, 6) is -1.21. The Labute approximate surface area is 167 Å². The molecule has 0 radical (unpaired) electrons. The average Bonchev–Trinajstić information content (AvgIpc) is 2.71. The monoisotopic (exact) mass is 425 g/mol. The Balaban J connectivity index is 1.97. The number of ketones is 1. The van der Waals surface area contributed by atoms with Crippen LogP contribution in [0.3, 0.4) is 0 Å². The number of halogens is 1. The van der Waals surface area contributed by atoms with Gasteiger partial charge in [-0.3, -0.25) is 9.59 Å². The minimum Gasteiger partial charge on any atom is -0.493 e.